The van der Waals surface area contributed by atoms with Crippen molar-refractivity contribution in [1.29, 1.82) is 0 Å². The van der Waals surface area contributed by atoms with Crippen LogP contribution in [0.2, 0.25) is 0 Å². The maximum absolute atomic E-state index is 12.3. The highest BCUT2D eigenvalue weighted by molar-refractivity contribution is 6.73. The van der Waals surface area contributed by atoms with Gasteiger partial charge in [-0.2, -0.15) is 0 Å². The van der Waals surface area contributed by atoms with Crippen molar-refractivity contribution in [2.45, 2.75) is 50.8 Å². The lowest BCUT2D eigenvalue weighted by Crippen LogP contribution is -2.71. The van der Waals surface area contributed by atoms with Crippen LogP contribution in [0.25, 0.3) is 6.08 Å². The number of rotatable bonds is 4. The molecular weight excluding hydrogens is 328 g/mol. The molecule has 25 heavy (non-hydrogen) atoms. The van der Waals surface area contributed by atoms with Crippen LogP contribution in [0.15, 0.2) is 30.3 Å². The fourth-order valence-corrected chi connectivity index (χ4v) is 10.9. The van der Waals surface area contributed by atoms with Crippen LogP contribution in [0.1, 0.15) is 56.7 Å². The minimum atomic E-state index is -3.00. The molecule has 3 aliphatic rings. The first kappa shape index (κ1) is 17.5. The van der Waals surface area contributed by atoms with Crippen LogP contribution in [-0.4, -0.2) is 33.1 Å². The van der Waals surface area contributed by atoms with Crippen LogP contribution < -0.4 is 0 Å². The quantitative estimate of drug-likeness (QED) is 0.820. The molecule has 2 bridgehead atoms. The van der Waals surface area contributed by atoms with Gasteiger partial charge in [-0.15, -0.1) is 0 Å². The van der Waals surface area contributed by atoms with E-state index in [1.54, 1.807) is 14.2 Å². The zero-order valence-corrected chi connectivity index (χ0v) is 17.0. The van der Waals surface area contributed by atoms with Crippen molar-refractivity contribution in [3.05, 3.63) is 41.5 Å². The lowest BCUT2D eigenvalue weighted by molar-refractivity contribution is -0.0661. The Hall–Kier alpha value is -0.943. The minimum Gasteiger partial charge on any atom is -0.395 e. The Balaban J connectivity index is 1.88. The molecule has 0 aromatic heterocycles. The highest BCUT2D eigenvalue weighted by Gasteiger charge is 2.78. The van der Waals surface area contributed by atoms with Gasteiger partial charge >= 0.3 is 8.56 Å². The van der Waals surface area contributed by atoms with Crippen LogP contribution in [0, 0.1) is 16.7 Å². The third-order valence-electron chi connectivity index (χ3n) is 8.28. The second kappa shape index (κ2) is 5.29. The van der Waals surface area contributed by atoms with Gasteiger partial charge < -0.3 is 14.0 Å². The molecule has 136 valence electrons. The number of allylic oxidation sites excluding steroid dienone is 1. The molecule has 1 aromatic rings. The Kier molecular flexibility index (Phi) is 3.70. The molecular formula is C21H30O3Si. The van der Waals surface area contributed by atoms with Gasteiger partial charge in [0.05, 0.1) is 0 Å². The predicted octanol–water partition coefficient (Wildman–Crippen LogP) is 4.19. The van der Waals surface area contributed by atoms with Gasteiger partial charge in [-0.05, 0) is 41.7 Å². The topological polar surface area (TPSA) is 38.7 Å². The summed E-state index contributed by atoms with van der Waals surface area (Å²) in [6.45, 7) is 6.92. The van der Waals surface area contributed by atoms with Crippen LogP contribution in [-0.2, 0) is 8.85 Å². The molecule has 0 radical (unpaired) electrons. The number of hydrogen-bond acceptors (Lipinski definition) is 3. The number of fused-ring (bicyclic) bond motifs is 3. The molecule has 1 aromatic carbocycles. The monoisotopic (exact) mass is 358 g/mol. The van der Waals surface area contributed by atoms with Crippen molar-refractivity contribution in [3.8, 4) is 0 Å². The van der Waals surface area contributed by atoms with Gasteiger partial charge in [-0.3, -0.25) is 0 Å². The van der Waals surface area contributed by atoms with Crippen molar-refractivity contribution in [3.63, 3.8) is 0 Å². The molecule has 4 heteroatoms. The summed E-state index contributed by atoms with van der Waals surface area (Å²) in [5, 5.41) is 11.4. The van der Waals surface area contributed by atoms with E-state index in [2.05, 4.69) is 57.2 Å². The Bertz CT molecular complexity index is 724. The van der Waals surface area contributed by atoms with Crippen molar-refractivity contribution in [2.24, 2.45) is 16.7 Å². The highest BCUT2D eigenvalue weighted by Crippen LogP contribution is 2.72. The average Bonchev–Trinajstić information content (AvgIpc) is 3.16. The second-order valence-corrected chi connectivity index (χ2v) is 12.5. The number of aliphatic hydroxyl groups is 1. The molecule has 3 aliphatic carbocycles. The van der Waals surface area contributed by atoms with Gasteiger partial charge in [0.2, 0.25) is 0 Å². The highest BCUT2D eigenvalue weighted by atomic mass is 28.4. The minimum absolute atomic E-state index is 0.0238. The van der Waals surface area contributed by atoms with Gasteiger partial charge in [-0.25, -0.2) is 0 Å². The standard InChI is InChI=1S/C21H30O3Si/c1-19(2)16-12-13-20(19,3)21(22,14-16)25(23-4,24-5)18-11-10-15-8-6-7-9-17(15)18/h6-11,16,18,22H,12-14H2,1-5H3. The zero-order valence-electron chi connectivity index (χ0n) is 16.0. The maximum Gasteiger partial charge on any atom is 0.382 e. The van der Waals surface area contributed by atoms with Gasteiger partial charge in [0.25, 0.3) is 0 Å². The summed E-state index contributed by atoms with van der Waals surface area (Å²) in [5.74, 6) is 0.528. The van der Waals surface area contributed by atoms with Crippen molar-refractivity contribution in [2.75, 3.05) is 14.2 Å². The van der Waals surface area contributed by atoms with Crippen LogP contribution >= 0.6 is 0 Å². The number of benzene rings is 1. The Morgan fingerprint density at radius 3 is 2.36 bits per heavy atom. The molecule has 0 spiro atoms. The molecule has 4 atom stereocenters. The third kappa shape index (κ3) is 1.81. The van der Waals surface area contributed by atoms with Crippen LogP contribution in [0.3, 0.4) is 0 Å². The van der Waals surface area contributed by atoms with E-state index in [0.717, 1.165) is 12.8 Å². The third-order valence-corrected chi connectivity index (χ3v) is 12.7. The summed E-state index contributed by atoms with van der Waals surface area (Å²) >= 11 is 0. The molecule has 4 rings (SSSR count). The molecule has 2 saturated carbocycles. The van der Waals surface area contributed by atoms with E-state index in [1.165, 1.54) is 17.5 Å². The molecule has 1 N–H and O–H groups in total. The molecule has 2 fully saturated rings. The molecule has 4 unspecified atom stereocenters. The summed E-state index contributed by atoms with van der Waals surface area (Å²) in [6, 6.07) is 8.42. The van der Waals surface area contributed by atoms with E-state index in [9.17, 15) is 5.11 Å². The predicted molar refractivity (Wildman–Crippen MR) is 102 cm³/mol. The molecule has 0 saturated heterocycles. The van der Waals surface area contributed by atoms with Crippen molar-refractivity contribution in [1.82, 2.24) is 0 Å². The summed E-state index contributed by atoms with van der Waals surface area (Å²) < 4.78 is 12.5. The van der Waals surface area contributed by atoms with E-state index in [0.29, 0.717) is 5.92 Å². The van der Waals surface area contributed by atoms with Crippen LogP contribution in [0.5, 0.6) is 0 Å². The van der Waals surface area contributed by atoms with Gasteiger partial charge in [-0.1, -0.05) is 57.2 Å². The molecule has 3 nitrogen and oxygen atoms in total. The van der Waals surface area contributed by atoms with E-state index in [-0.39, 0.29) is 16.4 Å². The Morgan fingerprint density at radius 1 is 1.12 bits per heavy atom. The van der Waals surface area contributed by atoms with Crippen molar-refractivity contribution < 1.29 is 14.0 Å². The first-order valence-corrected chi connectivity index (χ1v) is 11.3. The SMILES string of the molecule is CO[Si](OC)(C1C=Cc2ccccc21)C1(O)CC2CCC1(C)C2(C)C. The summed E-state index contributed by atoms with van der Waals surface area (Å²) in [4.78, 5) is 0. The molecule has 0 amide bonds. The van der Waals surface area contributed by atoms with E-state index in [4.69, 9.17) is 8.85 Å². The molecule has 0 heterocycles. The number of hydrogen-bond donors (Lipinski definition) is 1. The molecule has 0 aliphatic heterocycles. The maximum atomic E-state index is 12.3. The second-order valence-electron chi connectivity index (χ2n) is 8.90. The van der Waals surface area contributed by atoms with Crippen LogP contribution in [0.4, 0.5) is 0 Å². The van der Waals surface area contributed by atoms with Gasteiger partial charge in [0.15, 0.2) is 0 Å². The largest absolute Gasteiger partial charge is 0.395 e. The van der Waals surface area contributed by atoms with Gasteiger partial charge in [0.1, 0.15) is 5.22 Å². The first-order valence-electron chi connectivity index (χ1n) is 9.37. The normalized spacial score (nSPS) is 38.3. The Morgan fingerprint density at radius 2 is 1.80 bits per heavy atom. The summed E-state index contributed by atoms with van der Waals surface area (Å²) in [5.41, 5.74) is 2.38. The van der Waals surface area contributed by atoms with E-state index >= 15 is 0 Å². The smallest absolute Gasteiger partial charge is 0.382 e. The summed E-state index contributed by atoms with van der Waals surface area (Å²) in [6.07, 6.45) is 7.38. The lowest BCUT2D eigenvalue weighted by atomic mass is 9.69. The Labute approximate surface area is 152 Å². The van der Waals surface area contributed by atoms with Gasteiger partial charge in [0, 0.05) is 25.2 Å². The average molecular weight is 359 g/mol. The fraction of sp³-hybridized carbons (Fsp3) is 0.619. The van der Waals surface area contributed by atoms with Crippen molar-refractivity contribution >= 4 is 14.6 Å². The summed E-state index contributed by atoms with van der Waals surface area (Å²) in [7, 11) is 0.483. The zero-order chi connectivity index (χ0) is 18.1. The van der Waals surface area contributed by atoms with E-state index < -0.39 is 13.8 Å². The lowest BCUT2D eigenvalue weighted by Gasteiger charge is -2.54. The fourth-order valence-electron chi connectivity index (χ4n) is 6.32. The van der Waals surface area contributed by atoms with E-state index in [1.807, 2.05) is 0 Å². The first-order chi connectivity index (χ1) is 11.8.